The van der Waals surface area contributed by atoms with E-state index in [2.05, 4.69) is 6.58 Å². The number of hydrogen-bond donors (Lipinski definition) is 0. The Bertz CT molecular complexity index is 200. The van der Waals surface area contributed by atoms with Crippen molar-refractivity contribution in [3.8, 4) is 0 Å². The van der Waals surface area contributed by atoms with Gasteiger partial charge in [0, 0.05) is 12.6 Å². The molecule has 1 saturated heterocycles. The second-order valence-corrected chi connectivity index (χ2v) is 3.45. The number of rotatable bonds is 1. The molecule has 0 radical (unpaired) electrons. The lowest BCUT2D eigenvalue weighted by Gasteiger charge is -2.44. The van der Waals surface area contributed by atoms with E-state index >= 15 is 0 Å². The summed E-state index contributed by atoms with van der Waals surface area (Å²) in [7, 11) is 0. The highest BCUT2D eigenvalue weighted by Gasteiger charge is 2.43. The quantitative estimate of drug-likeness (QED) is 0.515. The summed E-state index contributed by atoms with van der Waals surface area (Å²) in [6.07, 6.45) is 5.26. The summed E-state index contributed by atoms with van der Waals surface area (Å²) in [6.45, 7) is 4.47. The van der Waals surface area contributed by atoms with Gasteiger partial charge in [0.05, 0.1) is 0 Å². The number of carbonyl (C=O) groups excluding carboxylic acids is 1. The molecule has 2 fully saturated rings. The number of nitrogens with zero attached hydrogens (tertiary/aromatic N) is 1. The van der Waals surface area contributed by atoms with E-state index in [4.69, 9.17) is 0 Å². The molecule has 2 unspecified atom stereocenters. The molecule has 2 rings (SSSR count). The van der Waals surface area contributed by atoms with Crippen LogP contribution in [0.15, 0.2) is 12.7 Å². The van der Waals surface area contributed by atoms with Gasteiger partial charge in [0.15, 0.2) is 0 Å². The van der Waals surface area contributed by atoms with E-state index < -0.39 is 0 Å². The average molecular weight is 151 g/mol. The van der Waals surface area contributed by atoms with Gasteiger partial charge >= 0.3 is 0 Å². The Balaban J connectivity index is 1.99. The zero-order valence-electron chi connectivity index (χ0n) is 6.62. The first-order valence-corrected chi connectivity index (χ1v) is 4.26. The first-order chi connectivity index (χ1) is 5.33. The normalized spacial score (nSPS) is 34.4. The predicted molar refractivity (Wildman–Crippen MR) is 43.0 cm³/mol. The van der Waals surface area contributed by atoms with Crippen LogP contribution in [0.3, 0.4) is 0 Å². The predicted octanol–water partition coefficient (Wildman–Crippen LogP) is 1.18. The molecule has 2 aliphatic rings. The minimum Gasteiger partial charge on any atom is -0.335 e. The van der Waals surface area contributed by atoms with E-state index in [0.717, 1.165) is 12.5 Å². The second-order valence-electron chi connectivity index (χ2n) is 3.45. The van der Waals surface area contributed by atoms with Crippen LogP contribution in [0.2, 0.25) is 0 Å². The minimum absolute atomic E-state index is 0.119. The fourth-order valence-electron chi connectivity index (χ4n) is 2.26. The first-order valence-electron chi connectivity index (χ1n) is 4.26. The van der Waals surface area contributed by atoms with Crippen molar-refractivity contribution in [3.63, 3.8) is 0 Å². The minimum atomic E-state index is 0.119. The van der Waals surface area contributed by atoms with Crippen molar-refractivity contribution in [2.45, 2.75) is 25.3 Å². The smallest absolute Gasteiger partial charge is 0.246 e. The van der Waals surface area contributed by atoms with Gasteiger partial charge in [-0.25, -0.2) is 0 Å². The molecule has 0 N–H and O–H groups in total. The standard InChI is InChI=1S/C9H13NO/c1-2-9(11)10-6-7-4-3-5-8(7)10/h2,7-8H,1,3-6H2. The van der Waals surface area contributed by atoms with Crippen LogP contribution >= 0.6 is 0 Å². The highest BCUT2D eigenvalue weighted by molar-refractivity contribution is 5.88. The summed E-state index contributed by atoms with van der Waals surface area (Å²) in [6, 6.07) is 0.570. The SMILES string of the molecule is C=CC(=O)N1CC2CCCC21. The zero-order valence-corrected chi connectivity index (χ0v) is 6.62. The molecule has 1 heterocycles. The molecular weight excluding hydrogens is 138 g/mol. The van der Waals surface area contributed by atoms with Crippen LogP contribution in [0.4, 0.5) is 0 Å². The lowest BCUT2D eigenvalue weighted by atomic mass is 9.92. The molecule has 1 amide bonds. The summed E-state index contributed by atoms with van der Waals surface area (Å²) in [4.78, 5) is 13.1. The van der Waals surface area contributed by atoms with Crippen LogP contribution in [-0.2, 0) is 4.79 Å². The van der Waals surface area contributed by atoms with E-state index in [1.807, 2.05) is 4.90 Å². The van der Waals surface area contributed by atoms with Gasteiger partial charge in [-0.05, 0) is 24.8 Å². The molecule has 0 spiro atoms. The van der Waals surface area contributed by atoms with E-state index in [0.29, 0.717) is 6.04 Å². The molecule has 2 atom stereocenters. The number of carbonyl (C=O) groups is 1. The maximum Gasteiger partial charge on any atom is 0.246 e. The number of hydrogen-bond acceptors (Lipinski definition) is 1. The molecule has 1 aliphatic carbocycles. The highest BCUT2D eigenvalue weighted by atomic mass is 16.2. The summed E-state index contributed by atoms with van der Waals surface area (Å²) in [5, 5.41) is 0. The molecule has 11 heavy (non-hydrogen) atoms. The monoisotopic (exact) mass is 151 g/mol. The fourth-order valence-corrected chi connectivity index (χ4v) is 2.26. The van der Waals surface area contributed by atoms with Gasteiger partial charge in [0.25, 0.3) is 0 Å². The van der Waals surface area contributed by atoms with Gasteiger partial charge in [0.2, 0.25) is 5.91 Å². The molecule has 0 bridgehead atoms. The van der Waals surface area contributed by atoms with Crippen LogP contribution in [0.1, 0.15) is 19.3 Å². The maximum atomic E-state index is 11.1. The highest BCUT2D eigenvalue weighted by Crippen LogP contribution is 2.38. The van der Waals surface area contributed by atoms with E-state index in [9.17, 15) is 4.79 Å². The Labute approximate surface area is 66.9 Å². The van der Waals surface area contributed by atoms with Gasteiger partial charge in [-0.15, -0.1) is 0 Å². The van der Waals surface area contributed by atoms with Crippen molar-refractivity contribution < 1.29 is 4.79 Å². The van der Waals surface area contributed by atoms with Crippen molar-refractivity contribution in [2.24, 2.45) is 5.92 Å². The third kappa shape index (κ3) is 0.889. The molecule has 0 aromatic carbocycles. The molecule has 1 aliphatic heterocycles. The van der Waals surface area contributed by atoms with Crippen LogP contribution in [0, 0.1) is 5.92 Å². The van der Waals surface area contributed by atoms with Crippen LogP contribution in [0.25, 0.3) is 0 Å². The molecular formula is C9H13NO. The summed E-state index contributed by atoms with van der Waals surface area (Å²) in [5.41, 5.74) is 0. The van der Waals surface area contributed by atoms with E-state index in [1.165, 1.54) is 25.3 Å². The maximum absolute atomic E-state index is 11.1. The molecule has 1 saturated carbocycles. The van der Waals surface area contributed by atoms with Crippen molar-refractivity contribution in [3.05, 3.63) is 12.7 Å². The van der Waals surface area contributed by atoms with Gasteiger partial charge in [-0.2, -0.15) is 0 Å². The summed E-state index contributed by atoms with van der Waals surface area (Å²) < 4.78 is 0. The Morgan fingerprint density at radius 3 is 3.00 bits per heavy atom. The number of likely N-dealkylation sites (tertiary alicyclic amines) is 1. The Hall–Kier alpha value is -0.790. The lowest BCUT2D eigenvalue weighted by Crippen LogP contribution is -2.55. The van der Waals surface area contributed by atoms with E-state index in [1.54, 1.807) is 0 Å². The third-order valence-corrected chi connectivity index (χ3v) is 2.91. The average Bonchev–Trinajstić information content (AvgIpc) is 2.32. The zero-order chi connectivity index (χ0) is 7.84. The Morgan fingerprint density at radius 1 is 1.55 bits per heavy atom. The van der Waals surface area contributed by atoms with Crippen molar-refractivity contribution in [2.75, 3.05) is 6.54 Å². The Kier molecular flexibility index (Phi) is 1.48. The van der Waals surface area contributed by atoms with Gasteiger partial charge in [-0.3, -0.25) is 4.79 Å². The van der Waals surface area contributed by atoms with Gasteiger partial charge < -0.3 is 4.90 Å². The van der Waals surface area contributed by atoms with E-state index in [-0.39, 0.29) is 5.91 Å². The van der Waals surface area contributed by atoms with Crippen molar-refractivity contribution in [1.82, 2.24) is 4.90 Å². The van der Waals surface area contributed by atoms with Crippen LogP contribution in [0.5, 0.6) is 0 Å². The Morgan fingerprint density at radius 2 is 2.36 bits per heavy atom. The van der Waals surface area contributed by atoms with Crippen LogP contribution in [-0.4, -0.2) is 23.4 Å². The molecule has 0 aromatic heterocycles. The first kappa shape index (κ1) is 6.89. The van der Waals surface area contributed by atoms with Crippen molar-refractivity contribution >= 4 is 5.91 Å². The summed E-state index contributed by atoms with van der Waals surface area (Å²) >= 11 is 0. The van der Waals surface area contributed by atoms with Crippen LogP contribution < -0.4 is 0 Å². The van der Waals surface area contributed by atoms with Crippen molar-refractivity contribution in [1.29, 1.82) is 0 Å². The van der Waals surface area contributed by atoms with Gasteiger partial charge in [-0.1, -0.05) is 13.0 Å². The second kappa shape index (κ2) is 2.36. The molecule has 60 valence electrons. The lowest BCUT2D eigenvalue weighted by molar-refractivity contribution is -0.136. The molecule has 2 nitrogen and oxygen atoms in total. The number of fused-ring (bicyclic) bond motifs is 1. The molecule has 2 heteroatoms. The summed E-state index contributed by atoms with van der Waals surface area (Å²) in [5.74, 6) is 0.937. The third-order valence-electron chi connectivity index (χ3n) is 2.91. The topological polar surface area (TPSA) is 20.3 Å². The number of amides is 1. The molecule has 0 aromatic rings. The fraction of sp³-hybridized carbons (Fsp3) is 0.667. The largest absolute Gasteiger partial charge is 0.335 e. The van der Waals surface area contributed by atoms with Gasteiger partial charge in [0.1, 0.15) is 0 Å².